The average Bonchev–Trinajstić information content (AvgIpc) is 3.14. The first kappa shape index (κ1) is 19.0. The number of thiophene rings is 1. The third-order valence-electron chi connectivity index (χ3n) is 5.33. The summed E-state index contributed by atoms with van der Waals surface area (Å²) in [5.74, 6) is 0.420. The Hall–Kier alpha value is -1.94. The van der Waals surface area contributed by atoms with Crippen LogP contribution in [0.3, 0.4) is 0 Å². The Labute approximate surface area is 177 Å². The summed E-state index contributed by atoms with van der Waals surface area (Å²) in [5.41, 5.74) is 2.68. The summed E-state index contributed by atoms with van der Waals surface area (Å²) in [4.78, 5) is 5.27. The van der Waals surface area contributed by atoms with Crippen molar-refractivity contribution in [2.45, 2.75) is 36.1 Å². The van der Waals surface area contributed by atoms with Gasteiger partial charge in [-0.05, 0) is 41.8 Å². The summed E-state index contributed by atoms with van der Waals surface area (Å²) in [5, 5.41) is 15.6. The van der Waals surface area contributed by atoms with Crippen LogP contribution < -0.4 is 9.62 Å². The Morgan fingerprint density at radius 1 is 1.24 bits per heavy atom. The lowest BCUT2D eigenvalue weighted by molar-refractivity contribution is 0.285. The molecule has 1 saturated carbocycles. The van der Waals surface area contributed by atoms with Crippen LogP contribution in [0.2, 0.25) is 0 Å². The molecule has 0 saturated heterocycles. The molecule has 1 unspecified atom stereocenters. The van der Waals surface area contributed by atoms with Gasteiger partial charge in [0.05, 0.1) is 28.9 Å². The van der Waals surface area contributed by atoms with Crippen molar-refractivity contribution in [2.24, 2.45) is 5.92 Å². The average molecular weight is 448 g/mol. The molecule has 6 nitrogen and oxygen atoms in total. The molecule has 0 radical (unpaired) electrons. The van der Waals surface area contributed by atoms with E-state index < -0.39 is 10.0 Å². The number of rotatable bonds is 7. The highest BCUT2D eigenvalue weighted by Crippen LogP contribution is 2.44. The predicted octanol–water partition coefficient (Wildman–Crippen LogP) is 4.01. The van der Waals surface area contributed by atoms with Gasteiger partial charge >= 0.3 is 0 Å². The monoisotopic (exact) mass is 447 g/mol. The second-order valence-corrected chi connectivity index (χ2v) is 11.6. The number of hydrogen-bond donors (Lipinski definition) is 2. The smallest absolute Gasteiger partial charge is 0.273 e. The molecular formula is C20H21N3O3S3. The third-order valence-corrected chi connectivity index (χ3v) is 9.57. The molecule has 0 spiro atoms. The Kier molecular flexibility index (Phi) is 4.85. The fourth-order valence-corrected chi connectivity index (χ4v) is 7.15. The number of thiazole rings is 1. The van der Waals surface area contributed by atoms with Crippen molar-refractivity contribution in [3.8, 4) is 0 Å². The molecule has 1 fully saturated rings. The van der Waals surface area contributed by atoms with Gasteiger partial charge in [0.15, 0.2) is 0 Å². The first-order chi connectivity index (χ1) is 14.1. The number of benzene rings is 1. The molecule has 3 aromatic rings. The fourth-order valence-electron chi connectivity index (χ4n) is 3.66. The van der Waals surface area contributed by atoms with E-state index in [4.69, 9.17) is 0 Å². The number of nitrogens with one attached hydrogen (secondary N) is 1. The number of aliphatic hydroxyl groups excluding tert-OH is 1. The highest BCUT2D eigenvalue weighted by Gasteiger charge is 2.36. The van der Waals surface area contributed by atoms with E-state index in [1.165, 1.54) is 22.7 Å². The lowest BCUT2D eigenvalue weighted by Gasteiger charge is -2.26. The van der Waals surface area contributed by atoms with Crippen molar-refractivity contribution >= 4 is 44.1 Å². The molecule has 2 aliphatic rings. The summed E-state index contributed by atoms with van der Waals surface area (Å²) in [6, 6.07) is 9.30. The van der Waals surface area contributed by atoms with Crippen LogP contribution in [0.1, 0.15) is 34.3 Å². The topological polar surface area (TPSA) is 82.5 Å². The van der Waals surface area contributed by atoms with Gasteiger partial charge in [-0.2, -0.15) is 0 Å². The maximum atomic E-state index is 13.4. The molecule has 5 rings (SSSR count). The molecule has 1 aliphatic heterocycles. The summed E-state index contributed by atoms with van der Waals surface area (Å²) >= 11 is 2.74. The molecule has 1 aromatic carbocycles. The largest absolute Gasteiger partial charge is 0.391 e. The van der Waals surface area contributed by atoms with Crippen molar-refractivity contribution in [2.75, 3.05) is 16.2 Å². The van der Waals surface area contributed by atoms with Gasteiger partial charge in [-0.25, -0.2) is 13.4 Å². The van der Waals surface area contributed by atoms with E-state index in [0.717, 1.165) is 40.4 Å². The minimum absolute atomic E-state index is 0.0105. The van der Waals surface area contributed by atoms with E-state index in [-0.39, 0.29) is 12.6 Å². The SMILES string of the molecule is O=S(=O)(c1cccs1)N(CC1CC1)c1cccc2c1NC(c1ncc(CO)s1)C2. The fraction of sp³-hybridized carbons (Fsp3) is 0.350. The van der Waals surface area contributed by atoms with Gasteiger partial charge in [-0.3, -0.25) is 4.31 Å². The minimum atomic E-state index is -3.60. The summed E-state index contributed by atoms with van der Waals surface area (Å²) < 4.78 is 28.8. The van der Waals surface area contributed by atoms with Crippen molar-refractivity contribution < 1.29 is 13.5 Å². The highest BCUT2D eigenvalue weighted by atomic mass is 32.2. The molecule has 29 heavy (non-hydrogen) atoms. The Bertz CT molecular complexity index is 1120. The van der Waals surface area contributed by atoms with Crippen LogP contribution in [0.5, 0.6) is 0 Å². The lowest BCUT2D eigenvalue weighted by Crippen LogP contribution is -2.33. The van der Waals surface area contributed by atoms with Crippen molar-refractivity contribution in [1.29, 1.82) is 0 Å². The van der Waals surface area contributed by atoms with Gasteiger partial charge in [0, 0.05) is 19.2 Å². The van der Waals surface area contributed by atoms with E-state index in [0.29, 0.717) is 22.4 Å². The molecule has 2 aromatic heterocycles. The maximum Gasteiger partial charge on any atom is 0.273 e. The molecule has 1 aliphatic carbocycles. The van der Waals surface area contributed by atoms with Gasteiger partial charge in [0.2, 0.25) is 0 Å². The standard InChI is InChI=1S/C20H21N3O3S3/c24-12-15-10-21-20(28-15)16-9-14-3-1-4-17(19(14)22-16)23(11-13-6-7-13)29(25,26)18-5-2-8-27-18/h1-5,8,10,13,16,22,24H,6-7,9,11-12H2. The van der Waals surface area contributed by atoms with Crippen molar-refractivity contribution in [3.63, 3.8) is 0 Å². The van der Waals surface area contributed by atoms with Gasteiger partial charge in [0.1, 0.15) is 9.22 Å². The van der Waals surface area contributed by atoms with Crippen LogP contribution in [0.15, 0.2) is 46.1 Å². The van der Waals surface area contributed by atoms with E-state index in [2.05, 4.69) is 10.3 Å². The molecule has 1 atom stereocenters. The van der Waals surface area contributed by atoms with Gasteiger partial charge in [-0.15, -0.1) is 22.7 Å². The quantitative estimate of drug-likeness (QED) is 0.572. The van der Waals surface area contributed by atoms with E-state index >= 15 is 0 Å². The number of anilines is 2. The van der Waals surface area contributed by atoms with E-state index in [1.807, 2.05) is 18.2 Å². The third kappa shape index (κ3) is 3.56. The number of para-hydroxylation sites is 1. The Morgan fingerprint density at radius 3 is 2.79 bits per heavy atom. The summed E-state index contributed by atoms with van der Waals surface area (Å²) in [6.45, 7) is 0.492. The number of nitrogens with zero attached hydrogens (tertiary/aromatic N) is 2. The maximum absolute atomic E-state index is 13.4. The van der Waals surface area contributed by atoms with Crippen LogP contribution in [-0.2, 0) is 23.1 Å². The molecular weight excluding hydrogens is 426 g/mol. The minimum Gasteiger partial charge on any atom is -0.391 e. The first-order valence-corrected chi connectivity index (χ1v) is 12.7. The second kappa shape index (κ2) is 7.39. The number of aromatic nitrogens is 1. The lowest BCUT2D eigenvalue weighted by atomic mass is 10.1. The molecule has 0 amide bonds. The summed E-state index contributed by atoms with van der Waals surface area (Å²) in [6.07, 6.45) is 4.60. The van der Waals surface area contributed by atoms with Crippen LogP contribution in [-0.4, -0.2) is 25.1 Å². The molecule has 152 valence electrons. The predicted molar refractivity (Wildman–Crippen MR) is 116 cm³/mol. The number of hydrogen-bond acceptors (Lipinski definition) is 7. The molecule has 3 heterocycles. The van der Waals surface area contributed by atoms with Crippen LogP contribution in [0.25, 0.3) is 0 Å². The number of sulfonamides is 1. The van der Waals surface area contributed by atoms with Crippen LogP contribution in [0.4, 0.5) is 11.4 Å². The zero-order valence-electron chi connectivity index (χ0n) is 15.6. The molecule has 9 heteroatoms. The van der Waals surface area contributed by atoms with Gasteiger partial charge in [0.25, 0.3) is 10.0 Å². The number of aliphatic hydroxyl groups is 1. The van der Waals surface area contributed by atoms with Crippen molar-refractivity contribution in [1.82, 2.24) is 4.98 Å². The van der Waals surface area contributed by atoms with E-state index in [1.54, 1.807) is 28.0 Å². The highest BCUT2D eigenvalue weighted by molar-refractivity contribution is 7.94. The van der Waals surface area contributed by atoms with Crippen LogP contribution in [0, 0.1) is 5.92 Å². The van der Waals surface area contributed by atoms with Crippen LogP contribution >= 0.6 is 22.7 Å². The van der Waals surface area contributed by atoms with Crippen molar-refractivity contribution in [3.05, 3.63) is 57.4 Å². The Morgan fingerprint density at radius 2 is 2.10 bits per heavy atom. The van der Waals surface area contributed by atoms with Gasteiger partial charge in [-0.1, -0.05) is 18.2 Å². The second-order valence-electron chi connectivity index (χ2n) is 7.45. The zero-order chi connectivity index (χ0) is 20.0. The first-order valence-electron chi connectivity index (χ1n) is 9.56. The van der Waals surface area contributed by atoms with E-state index in [9.17, 15) is 13.5 Å². The Balaban J connectivity index is 1.52. The number of fused-ring (bicyclic) bond motifs is 1. The van der Waals surface area contributed by atoms with Gasteiger partial charge < -0.3 is 10.4 Å². The molecule has 2 N–H and O–H groups in total. The summed E-state index contributed by atoms with van der Waals surface area (Å²) in [7, 11) is -3.60. The normalized spacial score (nSPS) is 18.4. The zero-order valence-corrected chi connectivity index (χ0v) is 18.1. The molecule has 0 bridgehead atoms.